The molecule has 0 amide bonds. The van der Waals surface area contributed by atoms with E-state index in [1.165, 1.54) is 19.2 Å². The van der Waals surface area contributed by atoms with Crippen LogP contribution in [-0.2, 0) is 14.8 Å². The van der Waals surface area contributed by atoms with Crippen LogP contribution in [0.4, 0.5) is 0 Å². The minimum Gasteiger partial charge on any atom is -0.465 e. The van der Waals surface area contributed by atoms with Gasteiger partial charge in [0.2, 0.25) is 10.0 Å². The van der Waals surface area contributed by atoms with E-state index >= 15 is 0 Å². The zero-order chi connectivity index (χ0) is 14.6. The summed E-state index contributed by atoms with van der Waals surface area (Å²) in [5.74, 6) is -0.580. The first-order valence-corrected chi connectivity index (χ1v) is 7.21. The van der Waals surface area contributed by atoms with Gasteiger partial charge in [-0.3, -0.25) is 0 Å². The quantitative estimate of drug-likeness (QED) is 0.782. The first-order chi connectivity index (χ1) is 8.81. The Morgan fingerprint density at radius 3 is 2.55 bits per heavy atom. The van der Waals surface area contributed by atoms with E-state index in [0.717, 1.165) is 0 Å². The number of hydrogen-bond acceptors (Lipinski definition) is 5. The first-order valence-electron chi connectivity index (χ1n) is 5.73. The number of sulfonamides is 1. The lowest BCUT2D eigenvalue weighted by atomic mass is 10.1. The molecule has 0 saturated heterocycles. The highest BCUT2D eigenvalue weighted by Gasteiger charge is 2.20. The van der Waals surface area contributed by atoms with Gasteiger partial charge < -0.3 is 10.5 Å². The highest BCUT2D eigenvalue weighted by Crippen LogP contribution is 2.18. The smallest absolute Gasteiger partial charge is 0.337 e. The van der Waals surface area contributed by atoms with Gasteiger partial charge >= 0.3 is 5.97 Å². The van der Waals surface area contributed by atoms with Crippen LogP contribution >= 0.6 is 12.4 Å². The van der Waals surface area contributed by atoms with Crippen molar-refractivity contribution in [2.24, 2.45) is 5.73 Å². The Bertz CT molecular complexity index is 575. The number of esters is 1. The van der Waals surface area contributed by atoms with Gasteiger partial charge in [0.25, 0.3) is 0 Å². The van der Waals surface area contributed by atoms with E-state index < -0.39 is 16.0 Å². The fourth-order valence-electron chi connectivity index (χ4n) is 1.51. The number of rotatable bonds is 5. The molecule has 8 heteroatoms. The average Bonchev–Trinajstić information content (AvgIpc) is 2.37. The van der Waals surface area contributed by atoms with Gasteiger partial charge in [0.1, 0.15) is 0 Å². The summed E-state index contributed by atoms with van der Waals surface area (Å²) >= 11 is 0. The first kappa shape index (κ1) is 18.9. The third kappa shape index (κ3) is 4.45. The summed E-state index contributed by atoms with van der Waals surface area (Å²) < 4.78 is 31.3. The van der Waals surface area contributed by atoms with E-state index in [2.05, 4.69) is 9.46 Å². The minimum atomic E-state index is -3.70. The molecule has 0 spiro atoms. The summed E-state index contributed by atoms with van der Waals surface area (Å²) in [7, 11) is -2.46. The van der Waals surface area contributed by atoms with Crippen molar-refractivity contribution in [2.75, 3.05) is 13.7 Å². The number of methoxy groups -OCH3 is 1. The molecule has 0 aliphatic heterocycles. The lowest BCUT2D eigenvalue weighted by Crippen LogP contribution is -2.38. The van der Waals surface area contributed by atoms with Crippen LogP contribution in [0.3, 0.4) is 0 Å². The fraction of sp³-hybridized carbons (Fsp3) is 0.417. The highest BCUT2D eigenvalue weighted by molar-refractivity contribution is 7.89. The van der Waals surface area contributed by atoms with Crippen LogP contribution in [0.5, 0.6) is 0 Å². The Morgan fingerprint density at radius 2 is 2.05 bits per heavy atom. The van der Waals surface area contributed by atoms with Crippen LogP contribution in [0.2, 0.25) is 0 Å². The molecule has 0 aliphatic carbocycles. The van der Waals surface area contributed by atoms with Gasteiger partial charge in [0.05, 0.1) is 17.6 Å². The van der Waals surface area contributed by atoms with Crippen LogP contribution in [0.1, 0.15) is 22.8 Å². The van der Waals surface area contributed by atoms with Crippen LogP contribution < -0.4 is 10.5 Å². The van der Waals surface area contributed by atoms with Crippen molar-refractivity contribution >= 4 is 28.4 Å². The lowest BCUT2D eigenvalue weighted by Gasteiger charge is -2.14. The summed E-state index contributed by atoms with van der Waals surface area (Å²) in [6, 6.07) is 4.00. The summed E-state index contributed by atoms with van der Waals surface area (Å²) in [4.78, 5) is 11.5. The standard InChI is InChI=1S/C12H18N2O4S.ClH/c1-8-4-5-10(12(15)18-3)6-11(8)19(16,17)14-9(2)7-13;/h4-6,9,14H,7,13H2,1-3H3;1H/t9-;/m1./s1. The van der Waals surface area contributed by atoms with E-state index in [1.54, 1.807) is 19.9 Å². The number of carbonyl (C=O) groups excluding carboxylic acids is 1. The molecule has 1 aromatic carbocycles. The van der Waals surface area contributed by atoms with Gasteiger partial charge in [-0.15, -0.1) is 12.4 Å². The van der Waals surface area contributed by atoms with E-state index in [1.807, 2.05) is 0 Å². The van der Waals surface area contributed by atoms with Crippen molar-refractivity contribution in [2.45, 2.75) is 24.8 Å². The molecule has 20 heavy (non-hydrogen) atoms. The Hall–Kier alpha value is -1.15. The normalized spacial score (nSPS) is 12.4. The maximum atomic E-state index is 12.2. The average molecular weight is 323 g/mol. The van der Waals surface area contributed by atoms with Gasteiger partial charge in [-0.1, -0.05) is 6.07 Å². The Morgan fingerprint density at radius 1 is 1.45 bits per heavy atom. The van der Waals surface area contributed by atoms with E-state index in [9.17, 15) is 13.2 Å². The molecule has 1 rings (SSSR count). The predicted molar refractivity (Wildman–Crippen MR) is 78.6 cm³/mol. The highest BCUT2D eigenvalue weighted by atomic mass is 35.5. The van der Waals surface area contributed by atoms with Crippen molar-refractivity contribution in [1.82, 2.24) is 4.72 Å². The largest absolute Gasteiger partial charge is 0.465 e. The summed E-state index contributed by atoms with van der Waals surface area (Å²) in [5.41, 5.74) is 6.13. The van der Waals surface area contributed by atoms with Gasteiger partial charge in [-0.05, 0) is 31.5 Å². The predicted octanol–water partition coefficient (Wildman–Crippen LogP) is 0.829. The molecule has 0 fully saturated rings. The lowest BCUT2D eigenvalue weighted by molar-refractivity contribution is 0.0600. The van der Waals surface area contributed by atoms with Crippen molar-refractivity contribution in [1.29, 1.82) is 0 Å². The fourth-order valence-corrected chi connectivity index (χ4v) is 3.04. The third-order valence-corrected chi connectivity index (χ3v) is 4.34. The molecule has 114 valence electrons. The Balaban J connectivity index is 0.00000361. The minimum absolute atomic E-state index is 0. The molecule has 0 unspecified atom stereocenters. The van der Waals surface area contributed by atoms with Gasteiger partial charge in [0, 0.05) is 12.6 Å². The molecule has 0 heterocycles. The third-order valence-electron chi connectivity index (χ3n) is 2.61. The van der Waals surface area contributed by atoms with Gasteiger partial charge in [0.15, 0.2) is 0 Å². The summed E-state index contributed by atoms with van der Waals surface area (Å²) in [6.07, 6.45) is 0. The second kappa shape index (κ2) is 7.58. The zero-order valence-corrected chi connectivity index (χ0v) is 13.2. The second-order valence-electron chi connectivity index (χ2n) is 4.23. The molecular weight excluding hydrogens is 304 g/mol. The van der Waals surface area contributed by atoms with E-state index in [-0.39, 0.29) is 35.5 Å². The van der Waals surface area contributed by atoms with Crippen LogP contribution in [0.15, 0.2) is 23.1 Å². The molecule has 1 aromatic rings. The van der Waals surface area contributed by atoms with Crippen LogP contribution in [0, 0.1) is 6.92 Å². The maximum absolute atomic E-state index is 12.2. The molecule has 6 nitrogen and oxygen atoms in total. The van der Waals surface area contributed by atoms with E-state index in [0.29, 0.717) is 5.56 Å². The molecule has 3 N–H and O–H groups in total. The molecule has 0 bridgehead atoms. The molecule has 0 saturated carbocycles. The van der Waals surface area contributed by atoms with Crippen molar-refractivity contribution in [3.05, 3.63) is 29.3 Å². The topological polar surface area (TPSA) is 98.5 Å². The Kier molecular flexibility index (Phi) is 7.15. The second-order valence-corrected chi connectivity index (χ2v) is 5.91. The molecule has 0 radical (unpaired) electrons. The van der Waals surface area contributed by atoms with Gasteiger partial charge in [-0.25, -0.2) is 17.9 Å². The van der Waals surface area contributed by atoms with Crippen LogP contribution in [0.25, 0.3) is 0 Å². The number of hydrogen-bond donors (Lipinski definition) is 2. The molecular formula is C12H19ClN2O4S. The zero-order valence-electron chi connectivity index (χ0n) is 11.5. The van der Waals surface area contributed by atoms with E-state index in [4.69, 9.17) is 5.73 Å². The maximum Gasteiger partial charge on any atom is 0.337 e. The number of nitrogens with two attached hydrogens (primary N) is 1. The summed E-state index contributed by atoms with van der Waals surface area (Å²) in [6.45, 7) is 3.51. The number of nitrogens with one attached hydrogen (secondary N) is 1. The monoisotopic (exact) mass is 322 g/mol. The molecule has 1 atom stereocenters. The number of benzene rings is 1. The van der Waals surface area contributed by atoms with Crippen molar-refractivity contribution in [3.63, 3.8) is 0 Å². The number of carbonyl (C=O) groups is 1. The number of halogens is 1. The van der Waals surface area contributed by atoms with Crippen molar-refractivity contribution in [3.8, 4) is 0 Å². The summed E-state index contributed by atoms with van der Waals surface area (Å²) in [5, 5.41) is 0. The van der Waals surface area contributed by atoms with Crippen LogP contribution in [-0.4, -0.2) is 34.1 Å². The number of aryl methyl sites for hydroxylation is 1. The van der Waals surface area contributed by atoms with Crippen molar-refractivity contribution < 1.29 is 17.9 Å². The Labute approximate surface area is 125 Å². The SMILES string of the molecule is COC(=O)c1ccc(C)c(S(=O)(=O)N[C@H](C)CN)c1.Cl. The van der Waals surface area contributed by atoms with Gasteiger partial charge in [-0.2, -0.15) is 0 Å². The molecule has 0 aliphatic rings. The molecule has 0 aromatic heterocycles. The number of ether oxygens (including phenoxy) is 1.